The van der Waals surface area contributed by atoms with Gasteiger partial charge in [0.2, 0.25) is 5.91 Å². The lowest BCUT2D eigenvalue weighted by atomic mass is 10.2. The van der Waals surface area contributed by atoms with Crippen LogP contribution in [0.4, 0.5) is 21.5 Å². The molecule has 0 aliphatic carbocycles. The number of hydrogen-bond donors (Lipinski definition) is 1. The van der Waals surface area contributed by atoms with E-state index in [9.17, 15) is 24.1 Å². The first-order valence-electron chi connectivity index (χ1n) is 10.4. The molecule has 1 aliphatic heterocycles. The Morgan fingerprint density at radius 3 is 2.54 bits per heavy atom. The number of halogens is 1. The number of benzene rings is 3. The van der Waals surface area contributed by atoms with Gasteiger partial charge in [0.25, 0.3) is 11.6 Å². The number of rotatable bonds is 6. The van der Waals surface area contributed by atoms with Crippen LogP contribution in [0.3, 0.4) is 0 Å². The Balaban J connectivity index is 1.56. The standard InChI is InChI=1S/C25H19FN4O4S/c1-16-7-10-20(30(33)34)14-21(16)27-23(31)15-35-25-28-22(13-17-5-3-2-4-6-17)24(32)29(25)19-11-8-18(26)9-12-19/h2-14H,15H2,1H3,(H,27,31)/b22-13-. The highest BCUT2D eigenvalue weighted by atomic mass is 32.2. The van der Waals surface area contributed by atoms with E-state index >= 15 is 0 Å². The molecule has 0 spiro atoms. The number of amides is 2. The number of carbonyl (C=O) groups is 2. The molecule has 0 bridgehead atoms. The average Bonchev–Trinajstić information content (AvgIpc) is 3.15. The molecule has 3 aromatic rings. The van der Waals surface area contributed by atoms with Crippen LogP contribution >= 0.6 is 11.8 Å². The van der Waals surface area contributed by atoms with Gasteiger partial charge in [-0.2, -0.15) is 0 Å². The van der Waals surface area contributed by atoms with Gasteiger partial charge in [0, 0.05) is 12.1 Å². The predicted molar refractivity (Wildman–Crippen MR) is 135 cm³/mol. The van der Waals surface area contributed by atoms with Gasteiger partial charge in [-0.1, -0.05) is 48.2 Å². The summed E-state index contributed by atoms with van der Waals surface area (Å²) in [6.07, 6.45) is 1.64. The SMILES string of the molecule is Cc1ccc([N+](=O)[O-])cc1NC(=O)CSC1=N/C(=C\c2ccccc2)C(=O)N1c1ccc(F)cc1. The molecule has 4 rings (SSSR count). The maximum atomic E-state index is 13.5. The number of aliphatic imine (C=N–C) groups is 1. The van der Waals surface area contributed by atoms with Crippen LogP contribution in [0.25, 0.3) is 6.08 Å². The zero-order valence-corrected chi connectivity index (χ0v) is 19.3. The highest BCUT2D eigenvalue weighted by Gasteiger charge is 2.32. The largest absolute Gasteiger partial charge is 0.325 e. The Kier molecular flexibility index (Phi) is 7.02. The Morgan fingerprint density at radius 2 is 1.86 bits per heavy atom. The normalized spacial score (nSPS) is 14.2. The van der Waals surface area contributed by atoms with E-state index in [2.05, 4.69) is 10.3 Å². The molecule has 176 valence electrons. The van der Waals surface area contributed by atoms with Crippen molar-refractivity contribution in [1.29, 1.82) is 0 Å². The van der Waals surface area contributed by atoms with Gasteiger partial charge in [-0.3, -0.25) is 24.6 Å². The molecule has 0 atom stereocenters. The van der Waals surface area contributed by atoms with Crippen molar-refractivity contribution in [2.24, 2.45) is 4.99 Å². The van der Waals surface area contributed by atoms with Crippen molar-refractivity contribution in [3.63, 3.8) is 0 Å². The van der Waals surface area contributed by atoms with Crippen LogP contribution in [0.15, 0.2) is 83.5 Å². The summed E-state index contributed by atoms with van der Waals surface area (Å²) in [6.45, 7) is 1.73. The van der Waals surface area contributed by atoms with Crippen molar-refractivity contribution >= 4 is 51.9 Å². The van der Waals surface area contributed by atoms with E-state index < -0.39 is 22.6 Å². The summed E-state index contributed by atoms with van der Waals surface area (Å²) in [6, 6.07) is 18.8. The van der Waals surface area contributed by atoms with Crippen LogP contribution < -0.4 is 10.2 Å². The number of nitro benzene ring substituents is 1. The molecule has 0 radical (unpaired) electrons. The molecule has 3 aromatic carbocycles. The van der Waals surface area contributed by atoms with E-state index in [4.69, 9.17) is 0 Å². The smallest absolute Gasteiger partial charge is 0.283 e. The van der Waals surface area contributed by atoms with E-state index in [1.807, 2.05) is 30.3 Å². The van der Waals surface area contributed by atoms with Crippen LogP contribution in [0.5, 0.6) is 0 Å². The van der Waals surface area contributed by atoms with Crippen molar-refractivity contribution in [2.45, 2.75) is 6.92 Å². The third-order valence-electron chi connectivity index (χ3n) is 5.06. The van der Waals surface area contributed by atoms with Gasteiger partial charge in [0.1, 0.15) is 11.5 Å². The van der Waals surface area contributed by atoms with Gasteiger partial charge in [-0.15, -0.1) is 0 Å². The molecule has 0 unspecified atom stereocenters. The molecule has 1 aliphatic rings. The van der Waals surface area contributed by atoms with E-state index in [0.29, 0.717) is 16.9 Å². The van der Waals surface area contributed by atoms with E-state index in [1.165, 1.54) is 41.3 Å². The van der Waals surface area contributed by atoms with Crippen molar-refractivity contribution < 1.29 is 18.9 Å². The molecule has 2 amide bonds. The molecular weight excluding hydrogens is 471 g/mol. The average molecular weight is 491 g/mol. The Hall–Kier alpha value is -4.31. The maximum absolute atomic E-state index is 13.5. The summed E-state index contributed by atoms with van der Waals surface area (Å²) >= 11 is 1.03. The number of aryl methyl sites for hydroxylation is 1. The monoisotopic (exact) mass is 490 g/mol. The van der Waals surface area contributed by atoms with Crippen molar-refractivity contribution in [3.05, 3.63) is 106 Å². The summed E-state index contributed by atoms with van der Waals surface area (Å²) in [7, 11) is 0. The second kappa shape index (κ2) is 10.3. The highest BCUT2D eigenvalue weighted by Crippen LogP contribution is 2.30. The molecule has 0 saturated heterocycles. The van der Waals surface area contributed by atoms with Gasteiger partial charge >= 0.3 is 0 Å². The van der Waals surface area contributed by atoms with Crippen LogP contribution in [-0.4, -0.2) is 27.7 Å². The zero-order chi connectivity index (χ0) is 24.9. The minimum atomic E-state index is -0.538. The van der Waals surface area contributed by atoms with Crippen LogP contribution in [0, 0.1) is 22.9 Å². The summed E-state index contributed by atoms with van der Waals surface area (Å²) in [5.74, 6) is -1.38. The van der Waals surface area contributed by atoms with Gasteiger partial charge in [-0.05, 0) is 48.4 Å². The first-order chi connectivity index (χ1) is 16.8. The van der Waals surface area contributed by atoms with Crippen molar-refractivity contribution in [1.82, 2.24) is 0 Å². The molecule has 8 nitrogen and oxygen atoms in total. The number of hydrogen-bond acceptors (Lipinski definition) is 6. The predicted octanol–water partition coefficient (Wildman–Crippen LogP) is 5.16. The fourth-order valence-corrected chi connectivity index (χ4v) is 4.11. The third-order valence-corrected chi connectivity index (χ3v) is 5.99. The lowest BCUT2D eigenvalue weighted by Gasteiger charge is -2.17. The van der Waals surface area contributed by atoms with Gasteiger partial charge in [0.05, 0.1) is 22.1 Å². The molecule has 35 heavy (non-hydrogen) atoms. The topological polar surface area (TPSA) is 105 Å². The molecule has 0 saturated carbocycles. The van der Waals surface area contributed by atoms with E-state index in [1.54, 1.807) is 19.1 Å². The number of nitro groups is 1. The van der Waals surface area contributed by atoms with Crippen molar-refractivity contribution in [2.75, 3.05) is 16.0 Å². The minimum Gasteiger partial charge on any atom is -0.325 e. The maximum Gasteiger partial charge on any atom is 0.283 e. The number of nitrogens with zero attached hydrogens (tertiary/aromatic N) is 3. The second-order valence-electron chi connectivity index (χ2n) is 7.54. The highest BCUT2D eigenvalue weighted by molar-refractivity contribution is 8.14. The van der Waals surface area contributed by atoms with E-state index in [-0.39, 0.29) is 22.3 Å². The summed E-state index contributed by atoms with van der Waals surface area (Å²) in [5.41, 5.74) is 2.23. The number of anilines is 2. The number of thioether (sulfide) groups is 1. The lowest BCUT2D eigenvalue weighted by Crippen LogP contribution is -2.31. The van der Waals surface area contributed by atoms with E-state index in [0.717, 1.165) is 17.3 Å². The fraction of sp³-hybridized carbons (Fsp3) is 0.0800. The Labute approximate surface area is 204 Å². The summed E-state index contributed by atoms with van der Waals surface area (Å²) < 4.78 is 13.5. The van der Waals surface area contributed by atoms with Crippen LogP contribution in [-0.2, 0) is 9.59 Å². The first-order valence-corrected chi connectivity index (χ1v) is 11.4. The number of non-ortho nitro benzene ring substituents is 1. The second-order valence-corrected chi connectivity index (χ2v) is 8.49. The first kappa shape index (κ1) is 23.8. The van der Waals surface area contributed by atoms with Gasteiger partial charge in [-0.25, -0.2) is 9.38 Å². The lowest BCUT2D eigenvalue weighted by molar-refractivity contribution is -0.384. The number of nitrogens with one attached hydrogen (secondary N) is 1. The molecule has 0 fully saturated rings. The molecule has 1 N–H and O–H groups in total. The third kappa shape index (κ3) is 5.61. The number of carbonyl (C=O) groups excluding carboxylic acids is 2. The zero-order valence-electron chi connectivity index (χ0n) is 18.5. The molecule has 10 heteroatoms. The summed E-state index contributed by atoms with van der Waals surface area (Å²) in [5, 5.41) is 14.0. The van der Waals surface area contributed by atoms with Gasteiger partial charge < -0.3 is 5.32 Å². The minimum absolute atomic E-state index is 0.107. The fourth-order valence-electron chi connectivity index (χ4n) is 3.29. The quantitative estimate of drug-likeness (QED) is 0.292. The van der Waals surface area contributed by atoms with Crippen molar-refractivity contribution in [3.8, 4) is 0 Å². The Morgan fingerprint density at radius 1 is 1.14 bits per heavy atom. The number of amidine groups is 1. The Bertz CT molecular complexity index is 1360. The molecule has 0 aromatic heterocycles. The molecule has 1 heterocycles. The summed E-state index contributed by atoms with van der Waals surface area (Å²) in [4.78, 5) is 42.0. The van der Waals surface area contributed by atoms with Gasteiger partial charge in [0.15, 0.2) is 5.17 Å². The van der Waals surface area contributed by atoms with Crippen LogP contribution in [0.1, 0.15) is 11.1 Å². The van der Waals surface area contributed by atoms with Crippen LogP contribution in [0.2, 0.25) is 0 Å². The molecular formula is C25H19FN4O4S.